The summed E-state index contributed by atoms with van der Waals surface area (Å²) in [5, 5.41) is 11.0. The fourth-order valence-electron chi connectivity index (χ4n) is 2.94. The first-order valence-corrected chi connectivity index (χ1v) is 11.4. The lowest BCUT2D eigenvalue weighted by Crippen LogP contribution is -2.31. The van der Waals surface area contributed by atoms with Crippen molar-refractivity contribution in [2.75, 3.05) is 31.7 Å². The van der Waals surface area contributed by atoms with E-state index in [1.807, 2.05) is 27.7 Å². The molecule has 34 heavy (non-hydrogen) atoms. The first-order chi connectivity index (χ1) is 16.3. The number of azo groups is 1. The molecular formula is C24H30ClN3O6. The molecule has 2 aromatic rings. The molecule has 0 fully saturated rings. The van der Waals surface area contributed by atoms with Crippen LogP contribution in [0.4, 0.5) is 11.4 Å². The zero-order valence-corrected chi connectivity index (χ0v) is 20.8. The number of amides is 1. The quantitative estimate of drug-likeness (QED) is 0.288. The van der Waals surface area contributed by atoms with E-state index < -0.39 is 17.7 Å². The zero-order chi connectivity index (χ0) is 25.1. The molecule has 0 spiro atoms. The molecule has 1 amide bonds. The SMILES string of the molecule is CCOc1ccc(N=NC(C(C)=O)C(=O)Nc2cc(Cl)c(OCC)c(OCC)c2)cc1OCC. The Morgan fingerprint density at radius 3 is 2.12 bits per heavy atom. The van der Waals surface area contributed by atoms with Crippen molar-refractivity contribution in [3.05, 3.63) is 35.4 Å². The van der Waals surface area contributed by atoms with Gasteiger partial charge in [-0.25, -0.2) is 0 Å². The molecule has 0 bridgehead atoms. The van der Waals surface area contributed by atoms with E-state index in [4.69, 9.17) is 30.5 Å². The average molecular weight is 492 g/mol. The largest absolute Gasteiger partial charge is 0.490 e. The highest BCUT2D eigenvalue weighted by Gasteiger charge is 2.24. The minimum Gasteiger partial charge on any atom is -0.490 e. The molecule has 2 rings (SSSR count). The van der Waals surface area contributed by atoms with Crippen molar-refractivity contribution in [2.45, 2.75) is 40.7 Å². The Balaban J connectivity index is 2.26. The van der Waals surface area contributed by atoms with Crippen LogP contribution in [0.25, 0.3) is 0 Å². The maximum atomic E-state index is 12.8. The van der Waals surface area contributed by atoms with Gasteiger partial charge in [-0.2, -0.15) is 10.2 Å². The van der Waals surface area contributed by atoms with E-state index in [-0.39, 0.29) is 5.02 Å². The van der Waals surface area contributed by atoms with E-state index >= 15 is 0 Å². The predicted octanol–water partition coefficient (Wildman–Crippen LogP) is 5.61. The number of carbonyl (C=O) groups is 2. The standard InChI is InChI=1S/C24H30ClN3O6/c1-6-31-19-11-10-16(13-20(19)32-7-2)27-28-22(15(5)29)24(30)26-17-12-18(25)23(34-9-4)21(14-17)33-8-3/h10-14,22H,6-9H2,1-5H3,(H,26,30). The van der Waals surface area contributed by atoms with Gasteiger partial charge in [-0.15, -0.1) is 0 Å². The highest BCUT2D eigenvalue weighted by molar-refractivity contribution is 6.32. The van der Waals surface area contributed by atoms with Gasteiger partial charge in [-0.05, 0) is 52.8 Å². The molecule has 0 aliphatic rings. The van der Waals surface area contributed by atoms with Gasteiger partial charge in [-0.3, -0.25) is 9.59 Å². The number of ether oxygens (including phenoxy) is 4. The van der Waals surface area contributed by atoms with Crippen molar-refractivity contribution < 1.29 is 28.5 Å². The van der Waals surface area contributed by atoms with Crippen molar-refractivity contribution in [3.63, 3.8) is 0 Å². The van der Waals surface area contributed by atoms with E-state index in [9.17, 15) is 9.59 Å². The van der Waals surface area contributed by atoms with Crippen LogP contribution in [0.2, 0.25) is 5.02 Å². The number of rotatable bonds is 13. The van der Waals surface area contributed by atoms with Crippen LogP contribution >= 0.6 is 11.6 Å². The van der Waals surface area contributed by atoms with Crippen molar-refractivity contribution in [3.8, 4) is 23.0 Å². The number of nitrogens with one attached hydrogen (secondary N) is 1. The topological polar surface area (TPSA) is 108 Å². The Hall–Kier alpha value is -3.33. The summed E-state index contributed by atoms with van der Waals surface area (Å²) in [6.45, 7) is 10.3. The molecule has 2 aromatic carbocycles. The summed E-state index contributed by atoms with van der Waals surface area (Å²) >= 11 is 6.30. The second-order valence-corrected chi connectivity index (χ2v) is 7.27. The number of Topliss-reactive ketones (excluding diaryl/α,β-unsaturated/α-hetero) is 1. The lowest BCUT2D eigenvalue weighted by molar-refractivity contribution is -0.126. The maximum Gasteiger partial charge on any atom is 0.258 e. The number of benzene rings is 2. The lowest BCUT2D eigenvalue weighted by atomic mass is 10.2. The molecule has 10 heteroatoms. The number of halogens is 1. The Bertz CT molecular complexity index is 1030. The molecule has 1 N–H and O–H groups in total. The minimum atomic E-state index is -1.36. The molecule has 9 nitrogen and oxygen atoms in total. The van der Waals surface area contributed by atoms with Gasteiger partial charge in [0.05, 0.1) is 37.1 Å². The van der Waals surface area contributed by atoms with Gasteiger partial charge in [0.1, 0.15) is 0 Å². The highest BCUT2D eigenvalue weighted by Crippen LogP contribution is 2.38. The molecular weight excluding hydrogens is 462 g/mol. The van der Waals surface area contributed by atoms with Crippen LogP contribution in [0, 0.1) is 0 Å². The highest BCUT2D eigenvalue weighted by atomic mass is 35.5. The van der Waals surface area contributed by atoms with Crippen molar-refractivity contribution >= 4 is 34.7 Å². The van der Waals surface area contributed by atoms with Crippen LogP contribution < -0.4 is 24.3 Å². The summed E-state index contributed by atoms with van der Waals surface area (Å²) in [6.07, 6.45) is 0. The fraction of sp³-hybridized carbons (Fsp3) is 0.417. The molecule has 0 saturated carbocycles. The third-order valence-corrected chi connectivity index (χ3v) is 4.60. The van der Waals surface area contributed by atoms with Crippen LogP contribution in [0.3, 0.4) is 0 Å². The molecule has 0 aromatic heterocycles. The molecule has 0 saturated heterocycles. The van der Waals surface area contributed by atoms with Gasteiger partial charge in [0, 0.05) is 17.8 Å². The summed E-state index contributed by atoms with van der Waals surface area (Å²) in [5.74, 6) is 0.700. The monoisotopic (exact) mass is 491 g/mol. The van der Waals surface area contributed by atoms with Gasteiger partial charge in [0.2, 0.25) is 6.04 Å². The van der Waals surface area contributed by atoms with Gasteiger partial charge in [0.25, 0.3) is 5.91 Å². The maximum absolute atomic E-state index is 12.8. The van der Waals surface area contributed by atoms with E-state index in [1.54, 1.807) is 24.3 Å². The van der Waals surface area contributed by atoms with E-state index in [1.165, 1.54) is 13.0 Å². The van der Waals surface area contributed by atoms with Crippen molar-refractivity contribution in [2.24, 2.45) is 10.2 Å². The summed E-state index contributed by atoms with van der Waals surface area (Å²) in [6, 6.07) is 6.72. The van der Waals surface area contributed by atoms with Crippen LogP contribution in [0.1, 0.15) is 34.6 Å². The average Bonchev–Trinajstić information content (AvgIpc) is 2.78. The number of ketones is 1. The number of nitrogens with zero attached hydrogens (tertiary/aromatic N) is 2. The second-order valence-electron chi connectivity index (χ2n) is 6.87. The van der Waals surface area contributed by atoms with Gasteiger partial charge < -0.3 is 24.3 Å². The molecule has 0 aliphatic heterocycles. The summed E-state index contributed by atoms with van der Waals surface area (Å²) in [7, 11) is 0. The Morgan fingerprint density at radius 1 is 0.882 bits per heavy atom. The third-order valence-electron chi connectivity index (χ3n) is 4.31. The Morgan fingerprint density at radius 2 is 1.50 bits per heavy atom. The number of hydrogen-bond acceptors (Lipinski definition) is 8. The molecule has 0 aliphatic carbocycles. The molecule has 184 valence electrons. The summed E-state index contributed by atoms with van der Waals surface area (Å²) < 4.78 is 22.2. The number of carbonyl (C=O) groups excluding carboxylic acids is 2. The van der Waals surface area contributed by atoms with Crippen LogP contribution in [-0.4, -0.2) is 44.2 Å². The molecule has 0 radical (unpaired) electrons. The minimum absolute atomic E-state index is 0.266. The lowest BCUT2D eigenvalue weighted by Gasteiger charge is -2.15. The molecule has 0 heterocycles. The van der Waals surface area contributed by atoms with Gasteiger partial charge in [-0.1, -0.05) is 11.6 Å². The number of anilines is 1. The Labute approximate surface area is 204 Å². The summed E-state index contributed by atoms with van der Waals surface area (Å²) in [4.78, 5) is 25.0. The fourth-order valence-corrected chi connectivity index (χ4v) is 3.21. The summed E-state index contributed by atoms with van der Waals surface area (Å²) in [5.41, 5.74) is 0.747. The smallest absolute Gasteiger partial charge is 0.258 e. The second kappa shape index (κ2) is 13.4. The van der Waals surface area contributed by atoms with Crippen LogP contribution in [0.5, 0.6) is 23.0 Å². The normalized spacial score (nSPS) is 11.7. The van der Waals surface area contributed by atoms with Crippen LogP contribution in [-0.2, 0) is 9.59 Å². The van der Waals surface area contributed by atoms with Gasteiger partial charge >= 0.3 is 0 Å². The van der Waals surface area contributed by atoms with Crippen molar-refractivity contribution in [1.82, 2.24) is 0 Å². The predicted molar refractivity (Wildman–Crippen MR) is 130 cm³/mol. The Kier molecular flexibility index (Phi) is 10.6. The zero-order valence-electron chi connectivity index (χ0n) is 20.0. The molecule has 1 unspecified atom stereocenters. The third kappa shape index (κ3) is 7.34. The number of hydrogen-bond donors (Lipinski definition) is 1. The first kappa shape index (κ1) is 26.9. The van der Waals surface area contributed by atoms with E-state index in [2.05, 4.69) is 15.5 Å². The van der Waals surface area contributed by atoms with E-state index in [0.717, 1.165) is 0 Å². The van der Waals surface area contributed by atoms with E-state index in [0.29, 0.717) is 60.8 Å². The van der Waals surface area contributed by atoms with Gasteiger partial charge in [0.15, 0.2) is 28.8 Å². The first-order valence-electron chi connectivity index (χ1n) is 11.0. The molecule has 1 atom stereocenters. The van der Waals surface area contributed by atoms with Crippen molar-refractivity contribution in [1.29, 1.82) is 0 Å². The van der Waals surface area contributed by atoms with Crippen LogP contribution in [0.15, 0.2) is 40.6 Å².